The smallest absolute Gasteiger partial charge is 0.220 e. The first-order valence-electron chi connectivity index (χ1n) is 5.42. The zero-order chi connectivity index (χ0) is 12.4. The lowest BCUT2D eigenvalue weighted by molar-refractivity contribution is -0.123. The summed E-state index contributed by atoms with van der Waals surface area (Å²) in [5, 5.41) is 11.8. The van der Waals surface area contributed by atoms with Crippen LogP contribution in [0.25, 0.3) is 0 Å². The predicted molar refractivity (Wildman–Crippen MR) is 60.7 cm³/mol. The Kier molecular flexibility index (Phi) is 3.96. The minimum atomic E-state index is -2.99. The molecule has 0 radical (unpaired) electrons. The van der Waals surface area contributed by atoms with Crippen molar-refractivity contribution in [1.82, 2.24) is 5.32 Å². The van der Waals surface area contributed by atoms with E-state index in [-0.39, 0.29) is 23.8 Å². The van der Waals surface area contributed by atoms with Gasteiger partial charge in [0.2, 0.25) is 5.91 Å². The lowest BCUT2D eigenvalue weighted by Crippen LogP contribution is -2.47. The van der Waals surface area contributed by atoms with E-state index in [2.05, 4.69) is 5.32 Å². The molecule has 1 amide bonds. The Hall–Kier alpha value is -0.620. The average molecular weight is 249 g/mol. The summed E-state index contributed by atoms with van der Waals surface area (Å²) in [6.07, 6.45) is 0.587. The molecule has 1 aliphatic rings. The van der Waals surface area contributed by atoms with E-state index >= 15 is 0 Å². The Morgan fingerprint density at radius 2 is 2.19 bits per heavy atom. The fourth-order valence-electron chi connectivity index (χ4n) is 1.85. The van der Waals surface area contributed by atoms with Crippen LogP contribution in [0.4, 0.5) is 0 Å². The molecule has 5 nitrogen and oxygen atoms in total. The molecular weight excluding hydrogens is 230 g/mol. The van der Waals surface area contributed by atoms with Gasteiger partial charge in [0.15, 0.2) is 9.84 Å². The third-order valence-electron chi connectivity index (χ3n) is 2.73. The molecule has 1 aliphatic heterocycles. The number of nitrogens with one attached hydrogen (secondary N) is 1. The Morgan fingerprint density at radius 1 is 1.56 bits per heavy atom. The van der Waals surface area contributed by atoms with Crippen LogP contribution in [-0.4, -0.2) is 42.6 Å². The van der Waals surface area contributed by atoms with Crippen LogP contribution < -0.4 is 5.32 Å². The summed E-state index contributed by atoms with van der Waals surface area (Å²) in [5.74, 6) is -0.0406. The fourth-order valence-corrected chi connectivity index (χ4v) is 3.94. The molecule has 94 valence electrons. The first-order chi connectivity index (χ1) is 7.22. The highest BCUT2D eigenvalue weighted by Crippen LogP contribution is 2.22. The summed E-state index contributed by atoms with van der Waals surface area (Å²) in [4.78, 5) is 11.5. The molecule has 0 aromatic carbocycles. The molecule has 2 N–H and O–H groups in total. The van der Waals surface area contributed by atoms with Crippen LogP contribution in [0.3, 0.4) is 0 Å². The van der Waals surface area contributed by atoms with E-state index < -0.39 is 21.5 Å². The van der Waals surface area contributed by atoms with E-state index in [0.29, 0.717) is 12.8 Å². The number of sulfone groups is 1. The monoisotopic (exact) mass is 249 g/mol. The van der Waals surface area contributed by atoms with Crippen molar-refractivity contribution in [3.05, 3.63) is 0 Å². The molecule has 0 aromatic rings. The molecule has 1 rings (SSSR count). The standard InChI is InChI=1S/C10H19NO4S/c1-8(12)3-4-9(13)11-10(2)5-6-16(14,15)7-10/h8,12H,3-7H2,1-2H3,(H,11,13). The van der Waals surface area contributed by atoms with Crippen LogP contribution in [0.15, 0.2) is 0 Å². The van der Waals surface area contributed by atoms with Gasteiger partial charge in [0.1, 0.15) is 0 Å². The number of carbonyl (C=O) groups excluding carboxylic acids is 1. The lowest BCUT2D eigenvalue weighted by atomic mass is 10.0. The van der Waals surface area contributed by atoms with E-state index in [1.54, 1.807) is 13.8 Å². The molecule has 1 saturated heterocycles. The number of hydrogen-bond donors (Lipinski definition) is 2. The van der Waals surface area contributed by atoms with E-state index in [1.807, 2.05) is 0 Å². The maximum atomic E-state index is 11.5. The highest BCUT2D eigenvalue weighted by atomic mass is 32.2. The van der Waals surface area contributed by atoms with Gasteiger partial charge in [-0.15, -0.1) is 0 Å². The number of aliphatic hydroxyl groups excluding tert-OH is 1. The van der Waals surface area contributed by atoms with Crippen LogP contribution in [0, 0.1) is 0 Å². The maximum Gasteiger partial charge on any atom is 0.220 e. The van der Waals surface area contributed by atoms with E-state index in [0.717, 1.165) is 0 Å². The van der Waals surface area contributed by atoms with E-state index in [4.69, 9.17) is 5.11 Å². The Balaban J connectivity index is 2.45. The van der Waals surface area contributed by atoms with Gasteiger partial charge in [-0.2, -0.15) is 0 Å². The summed E-state index contributed by atoms with van der Waals surface area (Å²) < 4.78 is 22.6. The third-order valence-corrected chi connectivity index (χ3v) is 4.64. The molecule has 0 saturated carbocycles. The molecule has 2 atom stereocenters. The van der Waals surface area contributed by atoms with Crippen molar-refractivity contribution < 1.29 is 18.3 Å². The Labute approximate surface area is 96.1 Å². The van der Waals surface area contributed by atoms with Crippen molar-refractivity contribution in [3.8, 4) is 0 Å². The van der Waals surface area contributed by atoms with Crippen molar-refractivity contribution in [2.45, 2.75) is 44.8 Å². The summed E-state index contributed by atoms with van der Waals surface area (Å²) in [6.45, 7) is 3.37. The predicted octanol–water partition coefficient (Wildman–Crippen LogP) is -0.159. The van der Waals surface area contributed by atoms with Crippen molar-refractivity contribution >= 4 is 15.7 Å². The quantitative estimate of drug-likeness (QED) is 0.725. The first-order valence-corrected chi connectivity index (χ1v) is 7.24. The fraction of sp³-hybridized carbons (Fsp3) is 0.900. The van der Waals surface area contributed by atoms with E-state index in [9.17, 15) is 13.2 Å². The lowest BCUT2D eigenvalue weighted by Gasteiger charge is -2.24. The second-order valence-electron chi connectivity index (χ2n) is 4.84. The SMILES string of the molecule is CC(O)CCC(=O)NC1(C)CCS(=O)(=O)C1. The molecule has 0 aromatic heterocycles. The van der Waals surface area contributed by atoms with Crippen LogP contribution >= 0.6 is 0 Å². The van der Waals surface area contributed by atoms with Crippen LogP contribution in [-0.2, 0) is 14.6 Å². The van der Waals surface area contributed by atoms with Gasteiger partial charge in [-0.3, -0.25) is 4.79 Å². The Bertz CT molecular complexity index is 363. The number of aliphatic hydroxyl groups is 1. The molecule has 6 heteroatoms. The molecule has 0 bridgehead atoms. The van der Waals surface area contributed by atoms with Gasteiger partial charge in [-0.1, -0.05) is 0 Å². The zero-order valence-corrected chi connectivity index (χ0v) is 10.5. The average Bonchev–Trinajstić information content (AvgIpc) is 2.37. The van der Waals surface area contributed by atoms with Crippen molar-refractivity contribution in [1.29, 1.82) is 0 Å². The minimum Gasteiger partial charge on any atom is -0.393 e. The van der Waals surface area contributed by atoms with Gasteiger partial charge in [0.25, 0.3) is 0 Å². The number of amides is 1. The summed E-state index contributed by atoms with van der Waals surface area (Å²) in [6, 6.07) is 0. The minimum absolute atomic E-state index is 0.0143. The van der Waals surface area contributed by atoms with Crippen LogP contribution in [0.2, 0.25) is 0 Å². The molecule has 1 fully saturated rings. The molecule has 16 heavy (non-hydrogen) atoms. The van der Waals surface area contributed by atoms with Gasteiger partial charge >= 0.3 is 0 Å². The van der Waals surface area contributed by atoms with Crippen molar-refractivity contribution in [2.75, 3.05) is 11.5 Å². The van der Waals surface area contributed by atoms with E-state index in [1.165, 1.54) is 0 Å². The topological polar surface area (TPSA) is 83.5 Å². The van der Waals surface area contributed by atoms with Crippen LogP contribution in [0.5, 0.6) is 0 Å². The molecule has 1 heterocycles. The number of rotatable bonds is 4. The van der Waals surface area contributed by atoms with Gasteiger partial charge in [0, 0.05) is 6.42 Å². The molecular formula is C10H19NO4S. The summed E-state index contributed by atoms with van der Waals surface area (Å²) in [7, 11) is -2.99. The number of carbonyl (C=O) groups is 1. The van der Waals surface area contributed by atoms with Gasteiger partial charge in [-0.05, 0) is 26.7 Å². The summed E-state index contributed by atoms with van der Waals surface area (Å²) >= 11 is 0. The van der Waals surface area contributed by atoms with Crippen molar-refractivity contribution in [2.24, 2.45) is 0 Å². The normalized spacial score (nSPS) is 29.9. The first kappa shape index (κ1) is 13.4. The van der Waals surface area contributed by atoms with Crippen LogP contribution in [0.1, 0.15) is 33.1 Å². The van der Waals surface area contributed by atoms with Gasteiger partial charge < -0.3 is 10.4 Å². The van der Waals surface area contributed by atoms with Gasteiger partial charge in [0.05, 0.1) is 23.1 Å². The third kappa shape index (κ3) is 4.09. The molecule has 0 aliphatic carbocycles. The highest BCUT2D eigenvalue weighted by Gasteiger charge is 2.39. The second-order valence-corrected chi connectivity index (χ2v) is 7.02. The largest absolute Gasteiger partial charge is 0.393 e. The zero-order valence-electron chi connectivity index (χ0n) is 9.69. The van der Waals surface area contributed by atoms with Crippen molar-refractivity contribution in [3.63, 3.8) is 0 Å². The summed E-state index contributed by atoms with van der Waals surface area (Å²) in [5.41, 5.74) is -0.630. The highest BCUT2D eigenvalue weighted by molar-refractivity contribution is 7.91. The molecule has 0 spiro atoms. The maximum absolute atomic E-state index is 11.5. The van der Waals surface area contributed by atoms with Gasteiger partial charge in [-0.25, -0.2) is 8.42 Å². The second kappa shape index (κ2) is 4.71. The number of hydrogen-bond acceptors (Lipinski definition) is 4. The molecule has 2 unspecified atom stereocenters. The Morgan fingerprint density at radius 3 is 2.62 bits per heavy atom.